The Hall–Kier alpha value is -2.22. The van der Waals surface area contributed by atoms with Crippen molar-refractivity contribution in [2.45, 2.75) is 18.4 Å². The highest BCUT2D eigenvalue weighted by Gasteiger charge is 2.53. The Kier molecular flexibility index (Phi) is 4.64. The topological polar surface area (TPSA) is 67.6 Å². The fraction of sp³-hybridized carbons (Fsp3) is 0.235. The maximum absolute atomic E-state index is 12.9. The van der Waals surface area contributed by atoms with Gasteiger partial charge < -0.3 is 10.1 Å². The van der Waals surface area contributed by atoms with Gasteiger partial charge in [-0.25, -0.2) is 0 Å². The third-order valence-corrected chi connectivity index (χ3v) is 4.61. The van der Waals surface area contributed by atoms with Gasteiger partial charge in [-0.1, -0.05) is 48.0 Å². The minimum absolute atomic E-state index is 0.0187. The fourth-order valence-electron chi connectivity index (χ4n) is 3.14. The van der Waals surface area contributed by atoms with Crippen LogP contribution in [0.15, 0.2) is 48.5 Å². The van der Waals surface area contributed by atoms with Crippen molar-refractivity contribution >= 4 is 17.5 Å². The maximum atomic E-state index is 12.9. The molecule has 0 spiro atoms. The van der Waals surface area contributed by atoms with Crippen molar-refractivity contribution in [1.29, 1.82) is 0 Å². The van der Waals surface area contributed by atoms with E-state index in [2.05, 4.69) is 10.1 Å². The van der Waals surface area contributed by atoms with Crippen LogP contribution in [-0.4, -0.2) is 30.8 Å². The Morgan fingerprint density at radius 1 is 1.24 bits per heavy atom. The smallest absolute Gasteiger partial charge is 0.387 e. The van der Waals surface area contributed by atoms with E-state index in [-0.39, 0.29) is 16.7 Å². The van der Waals surface area contributed by atoms with Gasteiger partial charge in [0.05, 0.1) is 5.02 Å². The van der Waals surface area contributed by atoms with Gasteiger partial charge in [0.25, 0.3) is 5.91 Å². The second-order valence-electron chi connectivity index (χ2n) is 5.63. The molecule has 1 heterocycles. The van der Waals surface area contributed by atoms with Gasteiger partial charge in [0.1, 0.15) is 12.0 Å². The number of nitrogens with one attached hydrogen (secondary N) is 1. The molecule has 3 rings (SSSR count). The van der Waals surface area contributed by atoms with E-state index < -0.39 is 18.4 Å². The average Bonchev–Trinajstić information content (AvgIpc) is 2.80. The molecular formula is C17H16ClF2N3O2. The molecule has 1 saturated heterocycles. The molecule has 1 fully saturated rings. The second kappa shape index (κ2) is 6.59. The molecule has 0 bridgehead atoms. The molecule has 0 aliphatic carbocycles. The molecule has 25 heavy (non-hydrogen) atoms. The lowest BCUT2D eigenvalue weighted by molar-refractivity contribution is -0.124. The van der Waals surface area contributed by atoms with Crippen LogP contribution < -0.4 is 15.8 Å². The highest BCUT2D eigenvalue weighted by molar-refractivity contribution is 6.32. The second-order valence-corrected chi connectivity index (χ2v) is 6.04. The van der Waals surface area contributed by atoms with Crippen LogP contribution in [0.5, 0.6) is 5.75 Å². The van der Waals surface area contributed by atoms with Gasteiger partial charge >= 0.3 is 6.61 Å². The Bertz CT molecular complexity index is 791. The van der Waals surface area contributed by atoms with Crippen LogP contribution in [-0.2, 0) is 10.3 Å². The monoisotopic (exact) mass is 367 g/mol. The lowest BCUT2D eigenvalue weighted by atomic mass is 9.81. The molecule has 132 valence electrons. The van der Waals surface area contributed by atoms with Crippen molar-refractivity contribution in [3.8, 4) is 5.75 Å². The van der Waals surface area contributed by atoms with Gasteiger partial charge in [-0.05, 0) is 30.3 Å². The van der Waals surface area contributed by atoms with Gasteiger partial charge in [-0.15, -0.1) is 0 Å². The normalized spacial score (nSPS) is 23.8. The molecule has 3 N–H and O–H groups in total. The minimum atomic E-state index is -2.99. The number of benzene rings is 2. The third-order valence-electron chi connectivity index (χ3n) is 4.31. The highest BCUT2D eigenvalue weighted by Crippen LogP contribution is 2.41. The van der Waals surface area contributed by atoms with Gasteiger partial charge in [0, 0.05) is 0 Å². The number of halogens is 3. The zero-order valence-corrected chi connectivity index (χ0v) is 14.0. The Morgan fingerprint density at radius 3 is 2.44 bits per heavy atom. The number of alkyl halides is 2. The molecule has 1 unspecified atom stereocenters. The average molecular weight is 368 g/mol. The molecule has 2 aromatic carbocycles. The van der Waals surface area contributed by atoms with Crippen LogP contribution in [0.1, 0.15) is 11.1 Å². The quantitative estimate of drug-likeness (QED) is 0.871. The number of hydrogen-bond acceptors (Lipinski definition) is 4. The molecule has 8 heteroatoms. The number of carbonyl (C=O) groups excluding carboxylic acids is 1. The van der Waals surface area contributed by atoms with Crippen molar-refractivity contribution in [2.24, 2.45) is 5.73 Å². The molecular weight excluding hydrogens is 352 g/mol. The number of amides is 1. The van der Waals surface area contributed by atoms with E-state index in [1.165, 1.54) is 18.2 Å². The summed E-state index contributed by atoms with van der Waals surface area (Å²) in [6.07, 6.45) is -0.705. The summed E-state index contributed by atoms with van der Waals surface area (Å²) in [7, 11) is 1.70. The molecule has 1 amide bonds. The van der Waals surface area contributed by atoms with E-state index in [4.69, 9.17) is 17.3 Å². The molecule has 0 saturated carbocycles. The Morgan fingerprint density at radius 2 is 1.92 bits per heavy atom. The largest absolute Gasteiger partial charge is 0.433 e. The van der Waals surface area contributed by atoms with E-state index in [9.17, 15) is 13.6 Å². The number of hydrogen-bond donors (Lipinski definition) is 2. The molecule has 0 radical (unpaired) electrons. The zero-order valence-electron chi connectivity index (χ0n) is 13.2. The first-order valence-electron chi connectivity index (χ1n) is 7.47. The van der Waals surface area contributed by atoms with Crippen LogP contribution in [0.4, 0.5) is 8.78 Å². The van der Waals surface area contributed by atoms with Crippen molar-refractivity contribution in [1.82, 2.24) is 10.2 Å². The first kappa shape index (κ1) is 17.6. The van der Waals surface area contributed by atoms with Gasteiger partial charge in [-0.3, -0.25) is 15.4 Å². The third kappa shape index (κ3) is 2.84. The standard InChI is InChI=1S/C17H16ClF2N3O2/c1-23-16(21)22-14(24)17(23,10-5-3-2-4-6-10)11-7-8-13(12(18)9-11)25-15(19)20/h2-9,15-16H,21H2,1H3,(H,22,24)/t16?,17-/m0/s1. The van der Waals surface area contributed by atoms with E-state index in [0.717, 1.165) is 0 Å². The molecule has 0 aromatic heterocycles. The van der Waals surface area contributed by atoms with E-state index in [0.29, 0.717) is 11.1 Å². The van der Waals surface area contributed by atoms with Gasteiger partial charge in [0.15, 0.2) is 5.54 Å². The maximum Gasteiger partial charge on any atom is 0.387 e. The van der Waals surface area contributed by atoms with Crippen molar-refractivity contribution in [2.75, 3.05) is 7.05 Å². The van der Waals surface area contributed by atoms with Crippen molar-refractivity contribution in [3.63, 3.8) is 0 Å². The summed E-state index contributed by atoms with van der Waals surface area (Å²) in [6.45, 7) is -2.99. The number of nitrogens with zero attached hydrogens (tertiary/aromatic N) is 1. The van der Waals surface area contributed by atoms with E-state index >= 15 is 0 Å². The summed E-state index contributed by atoms with van der Waals surface area (Å²) >= 11 is 6.09. The van der Waals surface area contributed by atoms with Crippen molar-refractivity contribution in [3.05, 3.63) is 64.7 Å². The summed E-state index contributed by atoms with van der Waals surface area (Å²) in [5.74, 6) is -0.485. The summed E-state index contributed by atoms with van der Waals surface area (Å²) in [5.41, 5.74) is 5.94. The Labute approximate surface area is 148 Å². The summed E-state index contributed by atoms with van der Waals surface area (Å²) in [4.78, 5) is 14.5. The number of likely N-dealkylation sites (N-methyl/N-ethyl adjacent to an activating group) is 1. The SMILES string of the molecule is CN1C(N)NC(=O)[C@]1(c1ccccc1)c1ccc(OC(F)F)c(Cl)c1. The number of rotatable bonds is 4. The summed E-state index contributed by atoms with van der Waals surface area (Å²) in [6, 6.07) is 13.3. The molecule has 1 aliphatic rings. The highest BCUT2D eigenvalue weighted by atomic mass is 35.5. The van der Waals surface area contributed by atoms with E-state index in [1.807, 2.05) is 6.07 Å². The lowest BCUT2D eigenvalue weighted by Crippen LogP contribution is -2.49. The molecule has 2 atom stereocenters. The summed E-state index contributed by atoms with van der Waals surface area (Å²) < 4.78 is 29.3. The van der Waals surface area contributed by atoms with Crippen molar-refractivity contribution < 1.29 is 18.3 Å². The van der Waals surface area contributed by atoms with E-state index in [1.54, 1.807) is 36.2 Å². The minimum Gasteiger partial charge on any atom is -0.433 e. The van der Waals surface area contributed by atoms with Gasteiger partial charge in [-0.2, -0.15) is 8.78 Å². The van der Waals surface area contributed by atoms with Crippen LogP contribution in [0.3, 0.4) is 0 Å². The van der Waals surface area contributed by atoms with Crippen LogP contribution >= 0.6 is 11.6 Å². The van der Waals surface area contributed by atoms with Gasteiger partial charge in [0.2, 0.25) is 0 Å². The molecule has 1 aliphatic heterocycles. The predicted octanol–water partition coefficient (Wildman–Crippen LogP) is 2.49. The lowest BCUT2D eigenvalue weighted by Gasteiger charge is -2.35. The molecule has 5 nitrogen and oxygen atoms in total. The van der Waals surface area contributed by atoms with Crippen LogP contribution in [0.25, 0.3) is 0 Å². The molecule has 2 aromatic rings. The first-order valence-corrected chi connectivity index (χ1v) is 7.85. The predicted molar refractivity (Wildman–Crippen MR) is 89.2 cm³/mol. The number of carbonyl (C=O) groups is 1. The van der Waals surface area contributed by atoms with Crippen LogP contribution in [0.2, 0.25) is 5.02 Å². The number of ether oxygens (including phenoxy) is 1. The number of nitrogens with two attached hydrogens (primary N) is 1. The fourth-order valence-corrected chi connectivity index (χ4v) is 3.36. The first-order chi connectivity index (χ1) is 11.9. The van der Waals surface area contributed by atoms with Crippen LogP contribution in [0, 0.1) is 0 Å². The zero-order chi connectivity index (χ0) is 18.2. The summed E-state index contributed by atoms with van der Waals surface area (Å²) in [5, 5.41) is 2.67. The Balaban J connectivity index is 2.17.